The molecule has 7 nitrogen and oxygen atoms in total. The van der Waals surface area contributed by atoms with E-state index < -0.39 is 0 Å². The Morgan fingerprint density at radius 1 is 1.09 bits per heavy atom. The number of hydrogen-bond donors (Lipinski definition) is 0. The molecule has 0 fully saturated rings. The first-order chi connectivity index (χ1) is 15.3. The highest BCUT2D eigenvalue weighted by Gasteiger charge is 2.29. The molecule has 4 aromatic rings. The molecule has 2 aromatic heterocycles. The van der Waals surface area contributed by atoms with Crippen LogP contribution in [0.1, 0.15) is 18.1 Å². The Kier molecular flexibility index (Phi) is 4.93. The Hall–Kier alpha value is -3.32. The highest BCUT2D eigenvalue weighted by molar-refractivity contribution is 6.30. The number of imidazole rings is 1. The van der Waals surface area contributed by atoms with Gasteiger partial charge in [-0.1, -0.05) is 42.8 Å². The van der Waals surface area contributed by atoms with E-state index in [1.54, 1.807) is 19.2 Å². The molecule has 0 saturated carbocycles. The highest BCUT2D eigenvalue weighted by Crippen LogP contribution is 2.33. The second-order valence-corrected chi connectivity index (χ2v) is 9.05. The van der Waals surface area contributed by atoms with Gasteiger partial charge in [-0.3, -0.25) is 13.9 Å². The zero-order valence-electron chi connectivity index (χ0n) is 18.2. The third-order valence-electron chi connectivity index (χ3n) is 6.01. The summed E-state index contributed by atoms with van der Waals surface area (Å²) in [6, 6.07) is 15.4. The van der Waals surface area contributed by atoms with Gasteiger partial charge in [-0.25, -0.2) is 4.79 Å². The summed E-state index contributed by atoms with van der Waals surface area (Å²) in [5.74, 6) is 1.00. The fourth-order valence-corrected chi connectivity index (χ4v) is 4.56. The minimum absolute atomic E-state index is 0.177. The van der Waals surface area contributed by atoms with Crippen molar-refractivity contribution in [2.45, 2.75) is 26.9 Å². The van der Waals surface area contributed by atoms with E-state index in [4.69, 9.17) is 16.6 Å². The first-order valence-corrected chi connectivity index (χ1v) is 11.0. The minimum atomic E-state index is -0.386. The average molecular weight is 450 g/mol. The second-order valence-electron chi connectivity index (χ2n) is 8.61. The minimum Gasteiger partial charge on any atom is -0.312 e. The van der Waals surface area contributed by atoms with Gasteiger partial charge in [-0.05, 0) is 48.2 Å². The lowest BCUT2D eigenvalue weighted by Crippen LogP contribution is -2.40. The SMILES string of the molecule is Cc1cccc(N2C[C@@H](C)Cn3c2nc2c3c(=O)n(Cc3ccc(Cl)cc3)c(=O)n2C)c1. The number of hydrogen-bond acceptors (Lipinski definition) is 4. The summed E-state index contributed by atoms with van der Waals surface area (Å²) in [7, 11) is 1.67. The van der Waals surface area contributed by atoms with Crippen LogP contribution in [0.25, 0.3) is 11.2 Å². The summed E-state index contributed by atoms with van der Waals surface area (Å²) in [5, 5.41) is 0.611. The van der Waals surface area contributed by atoms with Crippen molar-refractivity contribution in [2.75, 3.05) is 11.4 Å². The Balaban J connectivity index is 1.72. The van der Waals surface area contributed by atoms with E-state index in [1.165, 1.54) is 9.13 Å². The van der Waals surface area contributed by atoms with Gasteiger partial charge in [0.2, 0.25) is 5.95 Å². The molecule has 5 rings (SSSR count). The van der Waals surface area contributed by atoms with Crippen LogP contribution in [0.2, 0.25) is 5.02 Å². The summed E-state index contributed by atoms with van der Waals surface area (Å²) >= 11 is 5.98. The molecule has 32 heavy (non-hydrogen) atoms. The number of fused-ring (bicyclic) bond motifs is 3. The van der Waals surface area contributed by atoms with E-state index in [1.807, 2.05) is 28.8 Å². The van der Waals surface area contributed by atoms with Crippen molar-refractivity contribution in [3.8, 4) is 0 Å². The third-order valence-corrected chi connectivity index (χ3v) is 6.26. The summed E-state index contributed by atoms with van der Waals surface area (Å²) in [6.07, 6.45) is 0. The Morgan fingerprint density at radius 2 is 1.84 bits per heavy atom. The fourth-order valence-electron chi connectivity index (χ4n) is 4.43. The Labute approximate surface area is 190 Å². The van der Waals surface area contributed by atoms with Crippen LogP contribution in [0, 0.1) is 12.8 Å². The molecule has 0 unspecified atom stereocenters. The van der Waals surface area contributed by atoms with Crippen LogP contribution in [0.4, 0.5) is 11.6 Å². The fraction of sp³-hybridized carbons (Fsp3) is 0.292. The molecule has 164 valence electrons. The van der Waals surface area contributed by atoms with E-state index in [-0.39, 0.29) is 17.8 Å². The van der Waals surface area contributed by atoms with E-state index in [2.05, 4.69) is 30.9 Å². The van der Waals surface area contributed by atoms with Gasteiger partial charge in [0.25, 0.3) is 5.56 Å². The van der Waals surface area contributed by atoms with Crippen molar-refractivity contribution in [2.24, 2.45) is 13.0 Å². The predicted octanol–water partition coefficient (Wildman–Crippen LogP) is 3.69. The zero-order chi connectivity index (χ0) is 22.6. The molecule has 1 aliphatic rings. The van der Waals surface area contributed by atoms with Gasteiger partial charge in [0.05, 0.1) is 6.54 Å². The summed E-state index contributed by atoms with van der Waals surface area (Å²) in [4.78, 5) is 33.5. The number of rotatable bonds is 3. The van der Waals surface area contributed by atoms with Gasteiger partial charge in [0, 0.05) is 30.8 Å². The lowest BCUT2D eigenvalue weighted by atomic mass is 10.1. The molecule has 0 spiro atoms. The van der Waals surface area contributed by atoms with Gasteiger partial charge < -0.3 is 9.47 Å². The molecule has 0 bridgehead atoms. The lowest BCUT2D eigenvalue weighted by Gasteiger charge is -2.33. The van der Waals surface area contributed by atoms with Gasteiger partial charge >= 0.3 is 5.69 Å². The van der Waals surface area contributed by atoms with Gasteiger partial charge in [-0.15, -0.1) is 0 Å². The molecule has 0 radical (unpaired) electrons. The van der Waals surface area contributed by atoms with Crippen molar-refractivity contribution >= 4 is 34.4 Å². The van der Waals surface area contributed by atoms with Crippen molar-refractivity contribution < 1.29 is 0 Å². The second kappa shape index (κ2) is 7.67. The van der Waals surface area contributed by atoms with Gasteiger partial charge in [0.15, 0.2) is 11.2 Å². The average Bonchev–Trinajstić information content (AvgIpc) is 3.15. The topological polar surface area (TPSA) is 65.1 Å². The quantitative estimate of drug-likeness (QED) is 0.478. The number of aryl methyl sites for hydroxylation is 2. The molecule has 8 heteroatoms. The van der Waals surface area contributed by atoms with Crippen LogP contribution in [0.3, 0.4) is 0 Å². The van der Waals surface area contributed by atoms with Crippen LogP contribution < -0.4 is 16.1 Å². The maximum absolute atomic E-state index is 13.6. The molecular weight excluding hydrogens is 426 g/mol. The molecule has 0 amide bonds. The number of anilines is 2. The van der Waals surface area contributed by atoms with Gasteiger partial charge in [-0.2, -0.15) is 4.98 Å². The van der Waals surface area contributed by atoms with Crippen LogP contribution >= 0.6 is 11.6 Å². The molecular formula is C24H24ClN5O2. The number of nitrogens with zero attached hydrogens (tertiary/aromatic N) is 5. The number of halogens is 1. The molecule has 1 atom stereocenters. The largest absolute Gasteiger partial charge is 0.332 e. The molecule has 1 aliphatic heterocycles. The van der Waals surface area contributed by atoms with Crippen molar-refractivity contribution in [3.05, 3.63) is 85.5 Å². The standard InChI is InChI=1S/C24H24ClN5O2/c1-15-5-4-6-19(11-15)28-12-16(2)13-29-20-21(26-23(28)29)27(3)24(32)30(22(20)31)14-17-7-9-18(25)10-8-17/h4-11,16H,12-14H2,1-3H3/t16-/m1/s1. The number of aromatic nitrogens is 4. The maximum atomic E-state index is 13.6. The van der Waals surface area contributed by atoms with E-state index >= 15 is 0 Å². The molecule has 0 saturated heterocycles. The van der Waals surface area contributed by atoms with Crippen molar-refractivity contribution in [3.63, 3.8) is 0 Å². The maximum Gasteiger partial charge on any atom is 0.332 e. The first-order valence-electron chi connectivity index (χ1n) is 10.6. The van der Waals surface area contributed by atoms with E-state index in [0.29, 0.717) is 34.6 Å². The smallest absolute Gasteiger partial charge is 0.312 e. The predicted molar refractivity (Wildman–Crippen MR) is 127 cm³/mol. The molecule has 3 heterocycles. The highest BCUT2D eigenvalue weighted by atomic mass is 35.5. The van der Waals surface area contributed by atoms with Crippen LogP contribution in [0.5, 0.6) is 0 Å². The Morgan fingerprint density at radius 3 is 2.56 bits per heavy atom. The monoisotopic (exact) mass is 449 g/mol. The van der Waals surface area contributed by atoms with Crippen LogP contribution in [-0.4, -0.2) is 25.2 Å². The van der Waals surface area contributed by atoms with Crippen LogP contribution in [-0.2, 0) is 20.1 Å². The third kappa shape index (κ3) is 3.33. The molecule has 2 aromatic carbocycles. The summed E-state index contributed by atoms with van der Waals surface area (Å²) < 4.78 is 4.71. The van der Waals surface area contributed by atoms with E-state index in [9.17, 15) is 9.59 Å². The Bertz CT molecular complexity index is 1450. The van der Waals surface area contributed by atoms with Crippen LogP contribution in [0.15, 0.2) is 58.1 Å². The molecule has 0 aliphatic carbocycles. The number of benzene rings is 2. The lowest BCUT2D eigenvalue weighted by molar-refractivity contribution is 0.458. The van der Waals surface area contributed by atoms with Gasteiger partial charge in [0.1, 0.15) is 0 Å². The van der Waals surface area contributed by atoms with Crippen molar-refractivity contribution in [1.82, 2.24) is 18.7 Å². The normalized spacial score (nSPS) is 15.9. The zero-order valence-corrected chi connectivity index (χ0v) is 19.0. The molecule has 0 N–H and O–H groups in total. The van der Waals surface area contributed by atoms with Crippen molar-refractivity contribution in [1.29, 1.82) is 0 Å². The summed E-state index contributed by atoms with van der Waals surface area (Å²) in [6.45, 7) is 5.85. The van der Waals surface area contributed by atoms with E-state index in [0.717, 1.165) is 23.4 Å². The first kappa shape index (κ1) is 20.6. The summed E-state index contributed by atoms with van der Waals surface area (Å²) in [5.41, 5.74) is 3.18.